The molecule has 4 aromatic rings. The molecule has 0 aliphatic heterocycles. The summed E-state index contributed by atoms with van der Waals surface area (Å²) in [6, 6.07) is 35.5. The number of pyridine rings is 1. The van der Waals surface area contributed by atoms with Crippen LogP contribution in [0.15, 0.2) is 97.1 Å². The minimum Gasteiger partial charge on any atom is -0.252 e. The van der Waals surface area contributed by atoms with Gasteiger partial charge in [0.1, 0.15) is 0 Å². The average Bonchev–Trinajstić information content (AvgIpc) is 3.41. The molecule has 0 radical (unpaired) electrons. The van der Waals surface area contributed by atoms with Crippen LogP contribution in [0.25, 0.3) is 11.3 Å². The summed E-state index contributed by atoms with van der Waals surface area (Å²) in [5, 5.41) is 4.13. The lowest BCUT2D eigenvalue weighted by Crippen LogP contribution is -2.22. The number of nitrogens with zero attached hydrogens (tertiary/aromatic N) is 1. The van der Waals surface area contributed by atoms with E-state index in [2.05, 4.69) is 118 Å². The molecule has 6 rings (SSSR count). The van der Waals surface area contributed by atoms with Crippen molar-refractivity contribution in [3.8, 4) is 11.3 Å². The molecule has 2 aliphatic carbocycles. The van der Waals surface area contributed by atoms with Crippen LogP contribution in [0.3, 0.4) is 0 Å². The van der Waals surface area contributed by atoms with Crippen molar-refractivity contribution in [3.05, 3.63) is 108 Å². The van der Waals surface area contributed by atoms with Gasteiger partial charge in [0, 0.05) is 17.2 Å². The maximum atomic E-state index is 5.39. The first kappa shape index (κ1) is 20.8. The number of benzene rings is 3. The van der Waals surface area contributed by atoms with E-state index in [0.29, 0.717) is 17.3 Å². The van der Waals surface area contributed by atoms with Crippen LogP contribution < -0.4 is 15.9 Å². The van der Waals surface area contributed by atoms with Crippen molar-refractivity contribution in [2.45, 2.75) is 39.0 Å². The minimum absolute atomic E-state index is 0.380. The van der Waals surface area contributed by atoms with Crippen LogP contribution in [0.4, 0.5) is 0 Å². The van der Waals surface area contributed by atoms with Crippen LogP contribution in [-0.4, -0.2) is 4.98 Å². The summed E-state index contributed by atoms with van der Waals surface area (Å²) in [5.74, 6) is 2.00. The number of fused-ring (bicyclic) bond motifs is 3. The molecule has 0 amide bonds. The quantitative estimate of drug-likeness (QED) is 0.315. The predicted octanol–water partition coefficient (Wildman–Crippen LogP) is 6.75. The highest BCUT2D eigenvalue weighted by molar-refractivity contribution is 7.80. The first-order chi connectivity index (χ1) is 16.1. The lowest BCUT2D eigenvalue weighted by molar-refractivity contribution is 0.500. The third-order valence-corrected chi connectivity index (χ3v) is 10.4. The molecular weight excluding hydrogens is 417 g/mol. The Bertz CT molecular complexity index is 1260. The zero-order valence-electron chi connectivity index (χ0n) is 19.6. The highest BCUT2D eigenvalue weighted by atomic mass is 31.1. The van der Waals surface area contributed by atoms with Crippen LogP contribution in [-0.2, 0) is 0 Å². The van der Waals surface area contributed by atoms with Crippen molar-refractivity contribution in [1.29, 1.82) is 0 Å². The summed E-state index contributed by atoms with van der Waals surface area (Å²) >= 11 is 0. The van der Waals surface area contributed by atoms with Crippen LogP contribution >= 0.6 is 7.92 Å². The topological polar surface area (TPSA) is 12.9 Å². The summed E-state index contributed by atoms with van der Waals surface area (Å²) in [6.45, 7) is 7.23. The molecule has 3 aromatic carbocycles. The van der Waals surface area contributed by atoms with Crippen molar-refractivity contribution in [2.24, 2.45) is 11.3 Å². The van der Waals surface area contributed by atoms with Crippen LogP contribution in [0.1, 0.15) is 50.3 Å². The van der Waals surface area contributed by atoms with Gasteiger partial charge >= 0.3 is 0 Å². The second-order valence-electron chi connectivity index (χ2n) is 10.2. The van der Waals surface area contributed by atoms with Gasteiger partial charge in [0.15, 0.2) is 0 Å². The van der Waals surface area contributed by atoms with E-state index < -0.39 is 7.92 Å². The summed E-state index contributed by atoms with van der Waals surface area (Å²) < 4.78 is 0. The zero-order chi connectivity index (χ0) is 22.6. The third kappa shape index (κ3) is 3.46. The maximum absolute atomic E-state index is 5.39. The first-order valence-corrected chi connectivity index (χ1v) is 13.4. The third-order valence-electron chi connectivity index (χ3n) is 7.89. The molecule has 164 valence electrons. The number of hydrogen-bond donors (Lipinski definition) is 0. The fourth-order valence-corrected chi connectivity index (χ4v) is 8.46. The summed E-state index contributed by atoms with van der Waals surface area (Å²) in [7, 11) is -0.670. The second-order valence-corrected chi connectivity index (χ2v) is 12.4. The van der Waals surface area contributed by atoms with Crippen LogP contribution in [0.2, 0.25) is 0 Å². The molecule has 2 aliphatic rings. The van der Waals surface area contributed by atoms with Gasteiger partial charge in [0.25, 0.3) is 0 Å². The van der Waals surface area contributed by atoms with Gasteiger partial charge in [-0.3, -0.25) is 4.98 Å². The van der Waals surface area contributed by atoms with Crippen molar-refractivity contribution >= 4 is 23.8 Å². The molecule has 0 bridgehead atoms. The molecule has 0 spiro atoms. The zero-order valence-corrected chi connectivity index (χ0v) is 20.5. The van der Waals surface area contributed by atoms with E-state index >= 15 is 0 Å². The van der Waals surface area contributed by atoms with E-state index in [4.69, 9.17) is 4.98 Å². The smallest absolute Gasteiger partial charge is 0.0712 e. The van der Waals surface area contributed by atoms with Gasteiger partial charge in [-0.25, -0.2) is 0 Å². The molecule has 1 aromatic heterocycles. The highest BCUT2D eigenvalue weighted by Gasteiger charge is 2.61. The molecule has 33 heavy (non-hydrogen) atoms. The molecule has 1 saturated carbocycles. The molecule has 1 heterocycles. The monoisotopic (exact) mass is 447 g/mol. The van der Waals surface area contributed by atoms with E-state index in [1.165, 1.54) is 39.2 Å². The van der Waals surface area contributed by atoms with Gasteiger partial charge in [-0.2, -0.15) is 0 Å². The molecule has 0 saturated heterocycles. The lowest BCUT2D eigenvalue weighted by atomic mass is 9.86. The van der Waals surface area contributed by atoms with Gasteiger partial charge in [-0.15, -0.1) is 0 Å². The van der Waals surface area contributed by atoms with Crippen molar-refractivity contribution in [1.82, 2.24) is 4.98 Å². The van der Waals surface area contributed by atoms with E-state index in [0.717, 1.165) is 11.6 Å². The Morgan fingerprint density at radius 2 is 1.36 bits per heavy atom. The highest BCUT2D eigenvalue weighted by Crippen LogP contribution is 2.70. The standard InChI is InChI=1S/C31H30NP/c1-21-20-26-29(31(26,2)3)30-24(21)18-19-27(32-30)25-16-10-11-17-28(25)33(22-12-6-4-7-13-22)23-14-8-5-9-15-23/h4-19,21,26,29H,20H2,1-3H3/t21-,26+,29+/m1/s1. The molecule has 3 atom stereocenters. The van der Waals surface area contributed by atoms with Crippen molar-refractivity contribution < 1.29 is 0 Å². The molecular formula is C31H30NP. The van der Waals surface area contributed by atoms with Crippen LogP contribution in [0.5, 0.6) is 0 Å². The Hall–Kier alpha value is -2.76. The first-order valence-electron chi connectivity index (χ1n) is 12.1. The average molecular weight is 448 g/mol. The lowest BCUT2D eigenvalue weighted by Gasteiger charge is -2.24. The van der Waals surface area contributed by atoms with E-state index in [-0.39, 0.29) is 0 Å². The molecule has 2 heteroatoms. The fraction of sp³-hybridized carbons (Fsp3) is 0.258. The van der Waals surface area contributed by atoms with E-state index in [1.807, 2.05) is 0 Å². The van der Waals surface area contributed by atoms with Gasteiger partial charge < -0.3 is 0 Å². The van der Waals surface area contributed by atoms with Crippen molar-refractivity contribution in [2.75, 3.05) is 0 Å². The van der Waals surface area contributed by atoms with Gasteiger partial charge in [0.2, 0.25) is 0 Å². The number of hydrogen-bond acceptors (Lipinski definition) is 1. The summed E-state index contributed by atoms with van der Waals surface area (Å²) in [6.07, 6.45) is 1.30. The molecule has 1 fully saturated rings. The van der Waals surface area contributed by atoms with Crippen molar-refractivity contribution in [3.63, 3.8) is 0 Å². The van der Waals surface area contributed by atoms with Gasteiger partial charge in [0.05, 0.1) is 5.69 Å². The molecule has 1 nitrogen and oxygen atoms in total. The summed E-state index contributed by atoms with van der Waals surface area (Å²) in [5.41, 5.74) is 5.61. The Balaban J connectivity index is 1.51. The Morgan fingerprint density at radius 3 is 2.03 bits per heavy atom. The minimum atomic E-state index is -0.670. The van der Waals surface area contributed by atoms with E-state index in [9.17, 15) is 0 Å². The maximum Gasteiger partial charge on any atom is 0.0712 e. The normalized spacial score (nSPS) is 22.5. The summed E-state index contributed by atoms with van der Waals surface area (Å²) in [4.78, 5) is 5.39. The van der Waals surface area contributed by atoms with Gasteiger partial charge in [-0.05, 0) is 59.1 Å². The SMILES string of the molecule is C[C@@H]1C[C@H]2[C@@H](c3nc(-c4ccccc4P(c4ccccc4)c4ccccc4)ccc31)C2(C)C. The Labute approximate surface area is 198 Å². The second kappa shape index (κ2) is 7.93. The fourth-order valence-electron chi connectivity index (χ4n) is 6.00. The van der Waals surface area contributed by atoms with Crippen LogP contribution in [0, 0.1) is 11.3 Å². The molecule has 0 N–H and O–H groups in total. The number of rotatable bonds is 4. The Kier molecular flexibility index (Phi) is 5.00. The predicted molar refractivity (Wildman–Crippen MR) is 141 cm³/mol. The molecule has 0 unspecified atom stereocenters. The van der Waals surface area contributed by atoms with Gasteiger partial charge in [-0.1, -0.05) is 112 Å². The van der Waals surface area contributed by atoms with E-state index in [1.54, 1.807) is 0 Å². The largest absolute Gasteiger partial charge is 0.252 e. The number of aromatic nitrogens is 1. The Morgan fingerprint density at radius 1 is 0.758 bits per heavy atom.